The predicted molar refractivity (Wildman–Crippen MR) is 76.6 cm³/mol. The fraction of sp³-hybridized carbons (Fsp3) is 0.182. The first-order valence-electron chi connectivity index (χ1n) is 5.20. The molecule has 0 spiro atoms. The Balaban J connectivity index is 2.76. The first kappa shape index (κ1) is 15.2. The molecule has 0 radical (unpaired) electrons. The Morgan fingerprint density at radius 3 is 2.53 bits per heavy atom. The Morgan fingerprint density at radius 2 is 2.00 bits per heavy atom. The molecule has 0 aliphatic rings. The van der Waals surface area contributed by atoms with Crippen molar-refractivity contribution in [3.05, 3.63) is 27.8 Å². The number of carboxylic acids is 1. The molecule has 7 nitrogen and oxygen atoms in total. The molecule has 8 heteroatoms. The third-order valence-electron chi connectivity index (χ3n) is 2.04. The van der Waals surface area contributed by atoms with Gasteiger partial charge >= 0.3 is 12.0 Å². The Bertz CT molecular complexity index is 490. The lowest BCUT2D eigenvalue weighted by molar-refractivity contribution is -0.137. The molecule has 0 aliphatic heterocycles. The van der Waals surface area contributed by atoms with E-state index in [1.165, 1.54) is 0 Å². The monoisotopic (exact) mass is 377 g/mol. The number of benzene rings is 1. The van der Waals surface area contributed by atoms with Gasteiger partial charge in [0, 0.05) is 9.26 Å². The summed E-state index contributed by atoms with van der Waals surface area (Å²) in [4.78, 5) is 34.1. The van der Waals surface area contributed by atoms with Gasteiger partial charge in [0.2, 0.25) is 5.91 Å². The van der Waals surface area contributed by atoms with Gasteiger partial charge in [0.1, 0.15) is 13.1 Å². The second-order valence-electron chi connectivity index (χ2n) is 3.66. The highest BCUT2D eigenvalue weighted by Crippen LogP contribution is 2.12. The van der Waals surface area contributed by atoms with Crippen LogP contribution >= 0.6 is 22.6 Å². The summed E-state index contributed by atoms with van der Waals surface area (Å²) in [6.07, 6.45) is 0. The summed E-state index contributed by atoms with van der Waals surface area (Å²) in [7, 11) is 0. The standard InChI is InChI=1S/C11H12IN3O4/c12-7-2-1-3-8(4-7)14-11(19)15(5-9(13)16)6-10(17)18/h1-4H,5-6H2,(H2,13,16)(H,14,19)(H,17,18). The smallest absolute Gasteiger partial charge is 0.323 e. The number of hydrogen-bond donors (Lipinski definition) is 3. The number of aliphatic carboxylic acids is 1. The molecule has 0 bridgehead atoms. The number of carbonyl (C=O) groups is 3. The quantitative estimate of drug-likeness (QED) is 0.656. The van der Waals surface area contributed by atoms with Gasteiger partial charge in [-0.2, -0.15) is 0 Å². The van der Waals surface area contributed by atoms with Crippen LogP contribution in [0.15, 0.2) is 24.3 Å². The number of amides is 3. The van der Waals surface area contributed by atoms with E-state index in [1.54, 1.807) is 18.2 Å². The van der Waals surface area contributed by atoms with E-state index in [2.05, 4.69) is 27.9 Å². The first-order valence-corrected chi connectivity index (χ1v) is 6.28. The summed E-state index contributed by atoms with van der Waals surface area (Å²) in [6.45, 7) is -1.05. The molecule has 3 amide bonds. The SMILES string of the molecule is NC(=O)CN(CC(=O)O)C(=O)Nc1cccc(I)c1. The molecule has 0 atom stereocenters. The maximum Gasteiger partial charge on any atom is 0.323 e. The van der Waals surface area contributed by atoms with Crippen molar-refractivity contribution < 1.29 is 19.5 Å². The molecule has 102 valence electrons. The number of rotatable bonds is 5. The van der Waals surface area contributed by atoms with Crippen LogP contribution < -0.4 is 11.1 Å². The third kappa shape index (κ3) is 5.55. The fourth-order valence-corrected chi connectivity index (χ4v) is 1.86. The molecule has 0 saturated carbocycles. The van der Waals surface area contributed by atoms with Crippen molar-refractivity contribution in [1.29, 1.82) is 0 Å². The molecule has 0 fully saturated rings. The lowest BCUT2D eigenvalue weighted by Crippen LogP contribution is -2.43. The largest absolute Gasteiger partial charge is 0.480 e. The van der Waals surface area contributed by atoms with Crippen LogP contribution in [0.3, 0.4) is 0 Å². The third-order valence-corrected chi connectivity index (χ3v) is 2.71. The summed E-state index contributed by atoms with van der Waals surface area (Å²) in [5.41, 5.74) is 5.48. The number of halogens is 1. The topological polar surface area (TPSA) is 113 Å². The van der Waals surface area contributed by atoms with E-state index in [1.807, 2.05) is 6.07 Å². The maximum atomic E-state index is 11.8. The number of urea groups is 1. The van der Waals surface area contributed by atoms with E-state index >= 15 is 0 Å². The van der Waals surface area contributed by atoms with Crippen LogP contribution in [0.1, 0.15) is 0 Å². The summed E-state index contributed by atoms with van der Waals surface area (Å²) in [5, 5.41) is 11.2. The molecule has 19 heavy (non-hydrogen) atoms. The van der Waals surface area contributed by atoms with E-state index in [0.717, 1.165) is 8.47 Å². The Kier molecular flexibility index (Phi) is 5.55. The maximum absolute atomic E-state index is 11.8. The minimum atomic E-state index is -1.22. The Labute approximate surface area is 122 Å². The van der Waals surface area contributed by atoms with E-state index in [9.17, 15) is 14.4 Å². The van der Waals surface area contributed by atoms with E-state index in [0.29, 0.717) is 5.69 Å². The van der Waals surface area contributed by atoms with Crippen molar-refractivity contribution in [3.8, 4) is 0 Å². The van der Waals surface area contributed by atoms with Crippen molar-refractivity contribution in [1.82, 2.24) is 4.90 Å². The van der Waals surface area contributed by atoms with Crippen LogP contribution in [0, 0.1) is 3.57 Å². The van der Waals surface area contributed by atoms with Crippen LogP contribution in [-0.2, 0) is 9.59 Å². The zero-order valence-corrected chi connectivity index (χ0v) is 12.0. The van der Waals surface area contributed by atoms with Crippen LogP contribution in [-0.4, -0.2) is 41.0 Å². The number of primary amides is 1. The van der Waals surface area contributed by atoms with Crippen molar-refractivity contribution in [3.63, 3.8) is 0 Å². The molecule has 0 aliphatic carbocycles. The number of carboxylic acid groups (broad SMARTS) is 1. The van der Waals surface area contributed by atoms with Crippen molar-refractivity contribution >= 4 is 46.2 Å². The van der Waals surface area contributed by atoms with Crippen molar-refractivity contribution in [2.45, 2.75) is 0 Å². The molecule has 0 saturated heterocycles. The highest BCUT2D eigenvalue weighted by atomic mass is 127. The summed E-state index contributed by atoms with van der Waals surface area (Å²) < 4.78 is 0.912. The number of nitrogens with zero attached hydrogens (tertiary/aromatic N) is 1. The fourth-order valence-electron chi connectivity index (χ4n) is 1.32. The zero-order valence-electron chi connectivity index (χ0n) is 9.80. The molecule has 1 aromatic carbocycles. The van der Waals surface area contributed by atoms with E-state index in [4.69, 9.17) is 10.8 Å². The molecular formula is C11H12IN3O4. The highest BCUT2D eigenvalue weighted by Gasteiger charge is 2.18. The minimum Gasteiger partial charge on any atom is -0.480 e. The van der Waals surface area contributed by atoms with Gasteiger partial charge in [-0.25, -0.2) is 4.79 Å². The Morgan fingerprint density at radius 1 is 1.32 bits per heavy atom. The average Bonchev–Trinajstić information content (AvgIpc) is 2.26. The van der Waals surface area contributed by atoms with Gasteiger partial charge in [0.25, 0.3) is 0 Å². The number of nitrogens with two attached hydrogens (primary N) is 1. The number of anilines is 1. The van der Waals surface area contributed by atoms with Gasteiger partial charge in [-0.3, -0.25) is 9.59 Å². The molecular weight excluding hydrogens is 365 g/mol. The normalized spacial score (nSPS) is 9.74. The molecule has 1 rings (SSSR count). The van der Waals surface area contributed by atoms with Gasteiger partial charge in [-0.05, 0) is 40.8 Å². The minimum absolute atomic E-state index is 0.456. The molecule has 1 aromatic rings. The van der Waals surface area contributed by atoms with E-state index < -0.39 is 31.0 Å². The lowest BCUT2D eigenvalue weighted by Gasteiger charge is -2.19. The van der Waals surface area contributed by atoms with Crippen molar-refractivity contribution in [2.24, 2.45) is 5.73 Å². The van der Waals surface area contributed by atoms with E-state index in [-0.39, 0.29) is 0 Å². The number of nitrogens with one attached hydrogen (secondary N) is 1. The van der Waals surface area contributed by atoms with Crippen LogP contribution in [0.4, 0.5) is 10.5 Å². The summed E-state index contributed by atoms with van der Waals surface area (Å²) >= 11 is 2.08. The van der Waals surface area contributed by atoms with Crippen LogP contribution in [0.25, 0.3) is 0 Å². The zero-order chi connectivity index (χ0) is 14.4. The van der Waals surface area contributed by atoms with Gasteiger partial charge in [0.15, 0.2) is 0 Å². The highest BCUT2D eigenvalue weighted by molar-refractivity contribution is 14.1. The predicted octanol–water partition coefficient (Wildman–Crippen LogP) is 0.695. The second-order valence-corrected chi connectivity index (χ2v) is 4.90. The molecule has 0 aromatic heterocycles. The average molecular weight is 377 g/mol. The molecule has 4 N–H and O–H groups in total. The molecule has 0 unspecified atom stereocenters. The van der Waals surface area contributed by atoms with Gasteiger partial charge in [-0.1, -0.05) is 6.07 Å². The summed E-state index contributed by atoms with van der Waals surface area (Å²) in [6, 6.07) is 6.26. The van der Waals surface area contributed by atoms with Crippen molar-refractivity contribution in [2.75, 3.05) is 18.4 Å². The summed E-state index contributed by atoms with van der Waals surface area (Å²) in [5.74, 6) is -2.00. The molecule has 0 heterocycles. The first-order chi connectivity index (χ1) is 8.88. The number of hydrogen-bond acceptors (Lipinski definition) is 3. The van der Waals surface area contributed by atoms with Crippen LogP contribution in [0.2, 0.25) is 0 Å². The van der Waals surface area contributed by atoms with Crippen LogP contribution in [0.5, 0.6) is 0 Å². The number of carbonyl (C=O) groups excluding carboxylic acids is 2. The van der Waals surface area contributed by atoms with Gasteiger partial charge in [0.05, 0.1) is 0 Å². The van der Waals surface area contributed by atoms with Gasteiger partial charge < -0.3 is 21.1 Å². The van der Waals surface area contributed by atoms with Gasteiger partial charge in [-0.15, -0.1) is 0 Å². The Hall–Kier alpha value is -1.84. The second kappa shape index (κ2) is 6.92. The lowest BCUT2D eigenvalue weighted by atomic mass is 10.3.